The third-order valence-electron chi connectivity index (χ3n) is 1.54. The number of halogens is 5. The van der Waals surface area contributed by atoms with Gasteiger partial charge in [-0.25, -0.2) is 8.78 Å². The first-order valence-electron chi connectivity index (χ1n) is 3.68. The number of carbonyl (C=O) groups is 1. The summed E-state index contributed by atoms with van der Waals surface area (Å²) in [7, 11) is 0. The molecule has 0 aliphatic rings. The van der Waals surface area contributed by atoms with Crippen LogP contribution in [0.1, 0.15) is 16.1 Å². The minimum atomic E-state index is -4.68. The molecule has 15 heavy (non-hydrogen) atoms. The maximum Gasteiger partial charge on any atom is 0.416 e. The fourth-order valence-electron chi connectivity index (χ4n) is 0.853. The van der Waals surface area contributed by atoms with E-state index in [1.165, 1.54) is 0 Å². The molecular formula is C8H4F5NO. The van der Waals surface area contributed by atoms with Gasteiger partial charge in [0.15, 0.2) is 0 Å². The number of rotatable bonds is 2. The Balaban J connectivity index is 3.09. The highest BCUT2D eigenvalue weighted by Crippen LogP contribution is 2.29. The zero-order valence-corrected chi connectivity index (χ0v) is 7.05. The van der Waals surface area contributed by atoms with E-state index in [0.717, 1.165) is 0 Å². The lowest BCUT2D eigenvalue weighted by atomic mass is 10.2. The van der Waals surface area contributed by atoms with Gasteiger partial charge < -0.3 is 0 Å². The third kappa shape index (κ3) is 2.71. The van der Waals surface area contributed by atoms with Crippen LogP contribution in [-0.4, -0.2) is 17.2 Å². The Morgan fingerprint density at radius 3 is 2.40 bits per heavy atom. The lowest BCUT2D eigenvalue weighted by Gasteiger charge is -2.06. The Bertz CT molecular complexity index is 374. The average molecular weight is 225 g/mol. The van der Waals surface area contributed by atoms with Crippen molar-refractivity contribution in [2.45, 2.75) is 12.6 Å². The van der Waals surface area contributed by atoms with Crippen molar-refractivity contribution in [1.29, 1.82) is 0 Å². The first-order chi connectivity index (χ1) is 6.82. The summed E-state index contributed by atoms with van der Waals surface area (Å²) in [5.74, 6) is -1.72. The highest BCUT2D eigenvalue weighted by atomic mass is 19.4. The highest BCUT2D eigenvalue weighted by Gasteiger charge is 2.32. The molecule has 0 amide bonds. The third-order valence-corrected chi connectivity index (χ3v) is 1.54. The molecule has 1 aromatic heterocycles. The Morgan fingerprint density at radius 2 is 1.93 bits per heavy atom. The van der Waals surface area contributed by atoms with Gasteiger partial charge in [-0.1, -0.05) is 0 Å². The second kappa shape index (κ2) is 3.92. The van der Waals surface area contributed by atoms with Crippen molar-refractivity contribution in [1.82, 2.24) is 4.98 Å². The molecule has 1 aromatic rings. The number of pyridine rings is 1. The molecule has 1 rings (SSSR count). The summed E-state index contributed by atoms with van der Waals surface area (Å²) >= 11 is 0. The van der Waals surface area contributed by atoms with E-state index in [1.54, 1.807) is 0 Å². The molecule has 0 aromatic carbocycles. The van der Waals surface area contributed by atoms with Crippen molar-refractivity contribution in [2.24, 2.45) is 0 Å². The van der Waals surface area contributed by atoms with Crippen LogP contribution < -0.4 is 0 Å². The van der Waals surface area contributed by atoms with Gasteiger partial charge in [0.05, 0.1) is 5.56 Å². The standard InChI is InChI=1S/C8H4F5NO/c9-7(10)6(15)5-3-4(1-2-14-5)8(11,12)13/h1-3,7H. The Labute approximate surface area is 80.7 Å². The number of Topliss-reactive ketones (excluding diaryl/α,β-unsaturated/α-hetero) is 1. The number of nitrogens with zero attached hydrogens (tertiary/aromatic N) is 1. The number of carbonyl (C=O) groups excluding carboxylic acids is 1. The van der Waals surface area contributed by atoms with E-state index < -0.39 is 29.6 Å². The van der Waals surface area contributed by atoms with Crippen molar-refractivity contribution in [3.8, 4) is 0 Å². The molecule has 0 aliphatic heterocycles. The second-order valence-corrected chi connectivity index (χ2v) is 2.59. The first-order valence-corrected chi connectivity index (χ1v) is 3.68. The van der Waals surface area contributed by atoms with Crippen molar-refractivity contribution in [3.63, 3.8) is 0 Å². The fraction of sp³-hybridized carbons (Fsp3) is 0.250. The molecule has 0 aliphatic carbocycles. The number of ketones is 1. The van der Waals surface area contributed by atoms with Crippen LogP contribution in [-0.2, 0) is 6.18 Å². The summed E-state index contributed by atoms with van der Waals surface area (Å²) in [4.78, 5) is 13.8. The minimum absolute atomic E-state index is 0.300. The normalized spacial score (nSPS) is 11.9. The van der Waals surface area contributed by atoms with Crippen LogP contribution >= 0.6 is 0 Å². The molecule has 0 bridgehead atoms. The Morgan fingerprint density at radius 1 is 1.33 bits per heavy atom. The number of hydrogen-bond acceptors (Lipinski definition) is 2. The molecule has 0 atom stereocenters. The molecule has 2 nitrogen and oxygen atoms in total. The number of aromatic nitrogens is 1. The van der Waals surface area contributed by atoms with Gasteiger partial charge in [0, 0.05) is 6.20 Å². The predicted molar refractivity (Wildman–Crippen MR) is 39.6 cm³/mol. The van der Waals surface area contributed by atoms with E-state index in [9.17, 15) is 26.7 Å². The zero-order chi connectivity index (χ0) is 11.6. The van der Waals surface area contributed by atoms with Crippen molar-refractivity contribution < 1.29 is 26.7 Å². The smallest absolute Gasteiger partial charge is 0.286 e. The van der Waals surface area contributed by atoms with Gasteiger partial charge in [0.1, 0.15) is 5.69 Å². The molecular weight excluding hydrogens is 221 g/mol. The van der Waals surface area contributed by atoms with E-state index in [1.807, 2.05) is 0 Å². The molecule has 0 fully saturated rings. The molecule has 0 saturated heterocycles. The molecule has 0 radical (unpaired) electrons. The highest BCUT2D eigenvalue weighted by molar-refractivity contribution is 5.96. The summed E-state index contributed by atoms with van der Waals surface area (Å²) in [6, 6.07) is 0.900. The van der Waals surface area contributed by atoms with Gasteiger partial charge in [-0.05, 0) is 12.1 Å². The Hall–Kier alpha value is -1.53. The van der Waals surface area contributed by atoms with Crippen LogP contribution in [0.15, 0.2) is 18.3 Å². The van der Waals surface area contributed by atoms with Crippen LogP contribution in [0.5, 0.6) is 0 Å². The molecule has 0 spiro atoms. The quantitative estimate of drug-likeness (QED) is 0.571. The van der Waals surface area contributed by atoms with Crippen molar-refractivity contribution in [3.05, 3.63) is 29.6 Å². The average Bonchev–Trinajstić information content (AvgIpc) is 2.15. The van der Waals surface area contributed by atoms with E-state index in [2.05, 4.69) is 4.98 Å². The van der Waals surface area contributed by atoms with Crippen LogP contribution in [0.3, 0.4) is 0 Å². The largest absolute Gasteiger partial charge is 0.416 e. The summed E-state index contributed by atoms with van der Waals surface area (Å²) in [6.07, 6.45) is -7.38. The van der Waals surface area contributed by atoms with Gasteiger partial charge in [-0.3, -0.25) is 9.78 Å². The van der Waals surface area contributed by atoms with Gasteiger partial charge in [0.2, 0.25) is 5.78 Å². The lowest BCUT2D eigenvalue weighted by Crippen LogP contribution is -2.14. The minimum Gasteiger partial charge on any atom is -0.286 e. The van der Waals surface area contributed by atoms with E-state index in [-0.39, 0.29) is 0 Å². The topological polar surface area (TPSA) is 30.0 Å². The van der Waals surface area contributed by atoms with Gasteiger partial charge >= 0.3 is 12.6 Å². The summed E-state index contributed by atoms with van der Waals surface area (Å²) in [5, 5.41) is 0. The summed E-state index contributed by atoms with van der Waals surface area (Å²) < 4.78 is 60.1. The monoisotopic (exact) mass is 225 g/mol. The maximum absolute atomic E-state index is 12.1. The van der Waals surface area contributed by atoms with Gasteiger partial charge in [-0.2, -0.15) is 13.2 Å². The number of hydrogen-bond donors (Lipinski definition) is 0. The van der Waals surface area contributed by atoms with Crippen LogP contribution in [0.2, 0.25) is 0 Å². The molecule has 82 valence electrons. The SMILES string of the molecule is O=C(c1cc(C(F)(F)F)ccn1)C(F)F. The van der Waals surface area contributed by atoms with Crippen LogP contribution in [0.4, 0.5) is 22.0 Å². The molecule has 0 N–H and O–H groups in total. The summed E-state index contributed by atoms with van der Waals surface area (Å²) in [5.41, 5.74) is -2.07. The molecule has 1 heterocycles. The van der Waals surface area contributed by atoms with Gasteiger partial charge in [0.25, 0.3) is 0 Å². The lowest BCUT2D eigenvalue weighted by molar-refractivity contribution is -0.137. The molecule has 7 heteroatoms. The van der Waals surface area contributed by atoms with Crippen LogP contribution in [0.25, 0.3) is 0 Å². The zero-order valence-electron chi connectivity index (χ0n) is 7.05. The van der Waals surface area contributed by atoms with E-state index in [4.69, 9.17) is 0 Å². The fourth-order valence-corrected chi connectivity index (χ4v) is 0.853. The second-order valence-electron chi connectivity index (χ2n) is 2.59. The summed E-state index contributed by atoms with van der Waals surface area (Å²) in [6.45, 7) is 0. The number of alkyl halides is 5. The van der Waals surface area contributed by atoms with Crippen molar-refractivity contribution >= 4 is 5.78 Å². The molecule has 0 saturated carbocycles. The molecule has 0 unspecified atom stereocenters. The van der Waals surface area contributed by atoms with Gasteiger partial charge in [-0.15, -0.1) is 0 Å². The van der Waals surface area contributed by atoms with Crippen molar-refractivity contribution in [2.75, 3.05) is 0 Å². The van der Waals surface area contributed by atoms with Crippen LogP contribution in [0, 0.1) is 0 Å². The van der Waals surface area contributed by atoms with E-state index >= 15 is 0 Å². The first kappa shape index (κ1) is 11.5. The predicted octanol–water partition coefficient (Wildman–Crippen LogP) is 2.55. The Kier molecular flexibility index (Phi) is 3.01. The maximum atomic E-state index is 12.1. The van der Waals surface area contributed by atoms with E-state index in [0.29, 0.717) is 18.3 Å².